The van der Waals surface area contributed by atoms with E-state index in [1.807, 2.05) is 18.2 Å². The summed E-state index contributed by atoms with van der Waals surface area (Å²) in [5.74, 6) is 3.57. The number of anilines is 1. The Morgan fingerprint density at radius 1 is 0.970 bits per heavy atom. The van der Waals surface area contributed by atoms with Crippen molar-refractivity contribution >= 4 is 22.4 Å². The minimum Gasteiger partial charge on any atom is -0.454 e. The van der Waals surface area contributed by atoms with Gasteiger partial charge in [0.15, 0.2) is 17.5 Å². The first-order chi connectivity index (χ1) is 16.3. The van der Waals surface area contributed by atoms with E-state index in [0.717, 1.165) is 36.2 Å². The van der Waals surface area contributed by atoms with Crippen molar-refractivity contribution in [3.63, 3.8) is 0 Å². The van der Waals surface area contributed by atoms with Crippen molar-refractivity contribution in [2.45, 2.75) is 32.2 Å². The molecule has 5 rings (SSSR count). The lowest BCUT2D eigenvalue weighted by molar-refractivity contribution is 0.174. The van der Waals surface area contributed by atoms with E-state index in [1.54, 1.807) is 0 Å². The highest BCUT2D eigenvalue weighted by Crippen LogP contribution is 2.34. The van der Waals surface area contributed by atoms with E-state index in [0.29, 0.717) is 18.4 Å². The van der Waals surface area contributed by atoms with Gasteiger partial charge in [0, 0.05) is 18.3 Å². The smallest absolute Gasteiger partial charge is 0.231 e. The van der Waals surface area contributed by atoms with Gasteiger partial charge in [0.1, 0.15) is 0 Å². The maximum absolute atomic E-state index is 5.95. The van der Waals surface area contributed by atoms with Crippen molar-refractivity contribution in [2.75, 3.05) is 25.2 Å². The normalized spacial score (nSPS) is 20.1. The molecule has 2 aliphatic rings. The van der Waals surface area contributed by atoms with Crippen molar-refractivity contribution in [2.24, 2.45) is 22.6 Å². The summed E-state index contributed by atoms with van der Waals surface area (Å²) in [7, 11) is 0. The van der Waals surface area contributed by atoms with Crippen LogP contribution in [-0.4, -0.2) is 25.8 Å². The van der Waals surface area contributed by atoms with Crippen molar-refractivity contribution in [3.05, 3.63) is 66.2 Å². The standard InChI is InChI=1S/C27H32N4O2/c28-15-19-5-3-6-20(13-19)16-29-27(31-23-11-12-25-26(14-23)33-18-32-25)30-17-22-9-4-8-21-7-1-2-10-24(21)22/h1-2,4,7-12,14,19-20H,3,5-6,13,15-18,28H2,(H2,29,30,31). The van der Waals surface area contributed by atoms with E-state index in [2.05, 4.69) is 53.1 Å². The molecule has 0 bridgehead atoms. The molecular weight excluding hydrogens is 412 g/mol. The quantitative estimate of drug-likeness (QED) is 0.373. The fraction of sp³-hybridized carbons (Fsp3) is 0.370. The Hall–Kier alpha value is -3.25. The van der Waals surface area contributed by atoms with Crippen LogP contribution in [0.25, 0.3) is 10.8 Å². The van der Waals surface area contributed by atoms with Crippen LogP contribution in [0.4, 0.5) is 5.69 Å². The van der Waals surface area contributed by atoms with E-state index in [9.17, 15) is 0 Å². The molecule has 1 aliphatic carbocycles. The van der Waals surface area contributed by atoms with Crippen LogP contribution in [0.5, 0.6) is 11.5 Å². The van der Waals surface area contributed by atoms with E-state index < -0.39 is 0 Å². The summed E-state index contributed by atoms with van der Waals surface area (Å²) in [6, 6.07) is 20.7. The monoisotopic (exact) mass is 444 g/mol. The number of benzene rings is 3. The molecule has 172 valence electrons. The van der Waals surface area contributed by atoms with Crippen LogP contribution in [0.2, 0.25) is 0 Å². The fourth-order valence-corrected chi connectivity index (χ4v) is 4.89. The Morgan fingerprint density at radius 2 is 1.82 bits per heavy atom. The molecule has 1 saturated carbocycles. The van der Waals surface area contributed by atoms with Gasteiger partial charge in [0.2, 0.25) is 6.79 Å². The summed E-state index contributed by atoms with van der Waals surface area (Å²) in [5, 5.41) is 9.54. The molecule has 0 saturated heterocycles. The molecule has 2 atom stereocenters. The summed E-state index contributed by atoms with van der Waals surface area (Å²) < 4.78 is 11.0. The van der Waals surface area contributed by atoms with Gasteiger partial charge in [-0.2, -0.15) is 0 Å². The SMILES string of the molecule is NCC1CCCC(CNC(=NCc2cccc3ccccc23)Nc2ccc3c(c2)OCO3)C1. The van der Waals surface area contributed by atoms with E-state index in [1.165, 1.54) is 42.0 Å². The average Bonchev–Trinajstić information content (AvgIpc) is 3.34. The lowest BCUT2D eigenvalue weighted by Gasteiger charge is -2.29. The first kappa shape index (κ1) is 21.6. The third kappa shape index (κ3) is 5.22. The van der Waals surface area contributed by atoms with Gasteiger partial charge in [-0.1, -0.05) is 48.9 Å². The zero-order valence-electron chi connectivity index (χ0n) is 18.9. The number of ether oxygens (including phenoxy) is 2. The maximum atomic E-state index is 5.95. The number of hydrogen-bond acceptors (Lipinski definition) is 4. The van der Waals surface area contributed by atoms with Gasteiger partial charge in [-0.3, -0.25) is 0 Å². The third-order valence-corrected chi connectivity index (χ3v) is 6.71. The van der Waals surface area contributed by atoms with Crippen LogP contribution >= 0.6 is 0 Å². The first-order valence-corrected chi connectivity index (χ1v) is 11.9. The van der Waals surface area contributed by atoms with Crippen molar-refractivity contribution in [1.29, 1.82) is 0 Å². The summed E-state index contributed by atoms with van der Waals surface area (Å²) in [5.41, 5.74) is 8.08. The Morgan fingerprint density at radius 3 is 2.76 bits per heavy atom. The topological polar surface area (TPSA) is 80.9 Å². The zero-order chi connectivity index (χ0) is 22.5. The average molecular weight is 445 g/mol. The van der Waals surface area contributed by atoms with Crippen LogP contribution in [0.15, 0.2) is 65.7 Å². The molecule has 3 aromatic carbocycles. The molecule has 0 spiro atoms. The largest absolute Gasteiger partial charge is 0.454 e. The second kappa shape index (κ2) is 10.1. The molecule has 1 fully saturated rings. The van der Waals surface area contributed by atoms with Gasteiger partial charge >= 0.3 is 0 Å². The molecule has 0 radical (unpaired) electrons. The summed E-state index contributed by atoms with van der Waals surface area (Å²) >= 11 is 0. The molecule has 1 heterocycles. The summed E-state index contributed by atoms with van der Waals surface area (Å²) in [4.78, 5) is 4.95. The highest BCUT2D eigenvalue weighted by Gasteiger charge is 2.21. The Balaban J connectivity index is 1.34. The number of hydrogen-bond donors (Lipinski definition) is 3. The minimum absolute atomic E-state index is 0.267. The van der Waals surface area contributed by atoms with Crippen LogP contribution in [0, 0.1) is 11.8 Å². The summed E-state index contributed by atoms with van der Waals surface area (Å²) in [6.07, 6.45) is 4.94. The van der Waals surface area contributed by atoms with Crippen molar-refractivity contribution in [3.8, 4) is 11.5 Å². The molecule has 0 aromatic heterocycles. The third-order valence-electron chi connectivity index (χ3n) is 6.71. The second-order valence-electron chi connectivity index (χ2n) is 9.01. The number of fused-ring (bicyclic) bond motifs is 2. The number of rotatable bonds is 6. The number of nitrogens with two attached hydrogens (primary N) is 1. The molecule has 1 aliphatic heterocycles. The molecular formula is C27H32N4O2. The Labute approximate surface area is 195 Å². The lowest BCUT2D eigenvalue weighted by atomic mass is 9.81. The highest BCUT2D eigenvalue weighted by molar-refractivity contribution is 5.94. The van der Waals surface area contributed by atoms with Gasteiger partial charge < -0.3 is 25.8 Å². The van der Waals surface area contributed by atoms with Gasteiger partial charge in [-0.15, -0.1) is 0 Å². The Bertz CT molecular complexity index is 1120. The van der Waals surface area contributed by atoms with Crippen LogP contribution in [0.1, 0.15) is 31.2 Å². The van der Waals surface area contributed by atoms with E-state index in [-0.39, 0.29) is 6.79 Å². The van der Waals surface area contributed by atoms with Crippen molar-refractivity contribution < 1.29 is 9.47 Å². The van der Waals surface area contributed by atoms with Gasteiger partial charge in [0.05, 0.1) is 6.54 Å². The van der Waals surface area contributed by atoms with Gasteiger partial charge in [-0.05, 0) is 66.1 Å². The first-order valence-electron chi connectivity index (χ1n) is 11.9. The van der Waals surface area contributed by atoms with E-state index >= 15 is 0 Å². The molecule has 6 nitrogen and oxygen atoms in total. The molecule has 33 heavy (non-hydrogen) atoms. The maximum Gasteiger partial charge on any atom is 0.231 e. The second-order valence-corrected chi connectivity index (χ2v) is 9.01. The fourth-order valence-electron chi connectivity index (χ4n) is 4.89. The number of aliphatic imine (C=N–C) groups is 1. The number of nitrogens with one attached hydrogen (secondary N) is 2. The predicted molar refractivity (Wildman–Crippen MR) is 134 cm³/mol. The molecule has 6 heteroatoms. The van der Waals surface area contributed by atoms with Crippen molar-refractivity contribution in [1.82, 2.24) is 5.32 Å². The van der Waals surface area contributed by atoms with Crippen LogP contribution < -0.4 is 25.8 Å². The number of guanidine groups is 1. The highest BCUT2D eigenvalue weighted by atomic mass is 16.7. The molecule has 2 unspecified atom stereocenters. The summed E-state index contributed by atoms with van der Waals surface area (Å²) in [6.45, 7) is 2.54. The lowest BCUT2D eigenvalue weighted by Crippen LogP contribution is -2.37. The van der Waals surface area contributed by atoms with Gasteiger partial charge in [0.25, 0.3) is 0 Å². The van der Waals surface area contributed by atoms with Gasteiger partial charge in [-0.25, -0.2) is 4.99 Å². The molecule has 3 aromatic rings. The zero-order valence-corrected chi connectivity index (χ0v) is 18.9. The minimum atomic E-state index is 0.267. The predicted octanol–water partition coefficient (Wildman–Crippen LogP) is 4.89. The van der Waals surface area contributed by atoms with Crippen LogP contribution in [-0.2, 0) is 6.54 Å². The molecule has 0 amide bonds. The molecule has 4 N–H and O–H groups in total. The van der Waals surface area contributed by atoms with E-state index in [4.69, 9.17) is 20.2 Å². The van der Waals surface area contributed by atoms with Crippen LogP contribution in [0.3, 0.4) is 0 Å². The number of nitrogens with zero attached hydrogens (tertiary/aromatic N) is 1. The Kier molecular flexibility index (Phi) is 6.63.